The van der Waals surface area contributed by atoms with Crippen LogP contribution in [0, 0.1) is 0 Å². The third-order valence-electron chi connectivity index (χ3n) is 5.50. The fraction of sp³-hybridized carbons (Fsp3) is 0.550. The lowest BCUT2D eigenvalue weighted by Crippen LogP contribution is -2.49. The summed E-state index contributed by atoms with van der Waals surface area (Å²) < 4.78 is 11.2. The van der Waals surface area contributed by atoms with Gasteiger partial charge >= 0.3 is 6.01 Å². The number of hydrogen-bond acceptors (Lipinski definition) is 7. The summed E-state index contributed by atoms with van der Waals surface area (Å²) in [5, 5.41) is 0. The molecule has 0 aliphatic carbocycles. The van der Waals surface area contributed by atoms with Gasteiger partial charge in [-0.15, -0.1) is 0 Å². The van der Waals surface area contributed by atoms with Gasteiger partial charge in [0, 0.05) is 37.6 Å². The second-order valence-electron chi connectivity index (χ2n) is 7.60. The first-order valence-electron chi connectivity index (χ1n) is 9.68. The molecule has 0 N–H and O–H groups in total. The van der Waals surface area contributed by atoms with Crippen LogP contribution in [0.15, 0.2) is 18.6 Å². The Morgan fingerprint density at radius 1 is 1.18 bits per heavy atom. The van der Waals surface area contributed by atoms with Gasteiger partial charge in [0.1, 0.15) is 11.4 Å². The summed E-state index contributed by atoms with van der Waals surface area (Å²) in [4.78, 5) is 32.1. The van der Waals surface area contributed by atoms with Crippen LogP contribution >= 0.6 is 0 Å². The van der Waals surface area contributed by atoms with Gasteiger partial charge in [-0.05, 0) is 24.8 Å². The van der Waals surface area contributed by atoms with Gasteiger partial charge in [0.15, 0.2) is 0 Å². The highest BCUT2D eigenvalue weighted by molar-refractivity contribution is 5.93. The van der Waals surface area contributed by atoms with Gasteiger partial charge in [-0.1, -0.05) is 13.8 Å². The van der Waals surface area contributed by atoms with Crippen molar-refractivity contribution in [1.82, 2.24) is 24.8 Å². The number of carbonyl (C=O) groups excluding carboxylic acids is 1. The van der Waals surface area contributed by atoms with E-state index in [1.807, 2.05) is 11.1 Å². The van der Waals surface area contributed by atoms with E-state index in [9.17, 15) is 4.79 Å². The second-order valence-corrected chi connectivity index (χ2v) is 7.60. The average molecular weight is 383 g/mol. The highest BCUT2D eigenvalue weighted by Gasteiger charge is 2.43. The van der Waals surface area contributed by atoms with E-state index < -0.39 is 5.60 Å². The normalized spacial score (nSPS) is 18.2. The minimum Gasteiger partial charge on any atom is -0.467 e. The van der Waals surface area contributed by atoms with Crippen molar-refractivity contribution >= 4 is 5.91 Å². The zero-order valence-corrected chi connectivity index (χ0v) is 16.5. The molecule has 1 saturated heterocycles. The predicted octanol–water partition coefficient (Wildman–Crippen LogP) is 2.10. The van der Waals surface area contributed by atoms with Gasteiger partial charge < -0.3 is 14.4 Å². The molecule has 2 aliphatic heterocycles. The molecule has 0 unspecified atom stereocenters. The van der Waals surface area contributed by atoms with Gasteiger partial charge in [-0.3, -0.25) is 4.79 Å². The van der Waals surface area contributed by atoms with Crippen LogP contribution < -0.4 is 4.74 Å². The van der Waals surface area contributed by atoms with Gasteiger partial charge in [-0.25, -0.2) is 19.9 Å². The van der Waals surface area contributed by atoms with E-state index in [1.165, 1.54) is 25.1 Å². The fourth-order valence-corrected chi connectivity index (χ4v) is 3.87. The third kappa shape index (κ3) is 3.32. The lowest BCUT2D eigenvalue weighted by Gasteiger charge is -2.44. The largest absolute Gasteiger partial charge is 0.467 e. The summed E-state index contributed by atoms with van der Waals surface area (Å²) in [7, 11) is 1.50. The Labute approximate surface area is 164 Å². The van der Waals surface area contributed by atoms with Crippen molar-refractivity contribution in [2.75, 3.05) is 26.8 Å². The number of carbonyl (C=O) groups is 1. The van der Waals surface area contributed by atoms with E-state index in [1.54, 1.807) is 0 Å². The zero-order chi connectivity index (χ0) is 19.7. The summed E-state index contributed by atoms with van der Waals surface area (Å²) in [6.45, 7) is 6.06. The molecular formula is C20H25N5O3. The molecule has 2 aromatic heterocycles. The van der Waals surface area contributed by atoms with E-state index in [0.29, 0.717) is 25.3 Å². The van der Waals surface area contributed by atoms with Gasteiger partial charge in [0.05, 0.1) is 25.0 Å². The van der Waals surface area contributed by atoms with Crippen molar-refractivity contribution < 1.29 is 14.3 Å². The minimum atomic E-state index is -0.423. The maximum atomic E-state index is 12.8. The average Bonchev–Trinajstić information content (AvgIpc) is 2.74. The predicted molar refractivity (Wildman–Crippen MR) is 101 cm³/mol. The molecule has 4 rings (SSSR count). The molecule has 0 aromatic carbocycles. The van der Waals surface area contributed by atoms with Crippen molar-refractivity contribution in [3.63, 3.8) is 0 Å². The van der Waals surface area contributed by atoms with E-state index >= 15 is 0 Å². The maximum absolute atomic E-state index is 12.8. The molecule has 2 aromatic rings. The Kier molecular flexibility index (Phi) is 4.97. The van der Waals surface area contributed by atoms with Gasteiger partial charge in [0.25, 0.3) is 5.91 Å². The van der Waals surface area contributed by atoms with Crippen LogP contribution in [-0.2, 0) is 16.8 Å². The number of aromatic nitrogens is 4. The molecule has 1 amide bonds. The van der Waals surface area contributed by atoms with Crippen molar-refractivity contribution in [2.45, 2.75) is 44.6 Å². The second kappa shape index (κ2) is 7.43. The van der Waals surface area contributed by atoms with Crippen LogP contribution in [0.25, 0.3) is 0 Å². The fourth-order valence-electron chi connectivity index (χ4n) is 3.87. The molecule has 0 atom stereocenters. The Bertz CT molecular complexity index is 861. The van der Waals surface area contributed by atoms with E-state index in [4.69, 9.17) is 14.5 Å². The molecule has 148 valence electrons. The molecule has 1 spiro atoms. The number of amides is 1. The number of fused-ring (bicyclic) bond motifs is 2. The molecule has 8 heteroatoms. The first-order valence-corrected chi connectivity index (χ1v) is 9.68. The molecule has 0 saturated carbocycles. The molecule has 4 heterocycles. The summed E-state index contributed by atoms with van der Waals surface area (Å²) in [5.41, 5.74) is 2.22. The van der Waals surface area contributed by atoms with Crippen LogP contribution in [0.2, 0.25) is 0 Å². The number of nitrogens with zero attached hydrogens (tertiary/aromatic N) is 5. The molecule has 0 radical (unpaired) electrons. The Balaban J connectivity index is 1.52. The standard InChI is InChI=1S/C20H25N5O3/c1-13(2)17-21-10-14-4-9-28-20(16(14)24-17)5-7-25(8-6-20)18(26)15-11-22-19(27-3)23-12-15/h10-13H,4-9H2,1-3H3. The molecule has 28 heavy (non-hydrogen) atoms. The van der Waals surface area contributed by atoms with E-state index in [-0.39, 0.29) is 17.8 Å². The Morgan fingerprint density at radius 3 is 2.54 bits per heavy atom. The quantitative estimate of drug-likeness (QED) is 0.802. The van der Waals surface area contributed by atoms with Crippen molar-refractivity contribution in [1.29, 1.82) is 0 Å². The summed E-state index contributed by atoms with van der Waals surface area (Å²) >= 11 is 0. The Morgan fingerprint density at radius 2 is 1.89 bits per heavy atom. The summed E-state index contributed by atoms with van der Waals surface area (Å²) in [6.07, 6.45) is 7.24. The number of piperidine rings is 1. The third-order valence-corrected chi connectivity index (χ3v) is 5.50. The minimum absolute atomic E-state index is 0.0703. The number of likely N-dealkylation sites (tertiary alicyclic amines) is 1. The van der Waals surface area contributed by atoms with Crippen molar-refractivity contribution in [3.8, 4) is 6.01 Å². The van der Waals surface area contributed by atoms with Crippen molar-refractivity contribution in [2.24, 2.45) is 0 Å². The van der Waals surface area contributed by atoms with Crippen molar-refractivity contribution in [3.05, 3.63) is 41.2 Å². The van der Waals surface area contributed by atoms with Gasteiger partial charge in [-0.2, -0.15) is 0 Å². The smallest absolute Gasteiger partial charge is 0.316 e. The molecule has 0 bridgehead atoms. The monoisotopic (exact) mass is 383 g/mol. The topological polar surface area (TPSA) is 90.3 Å². The van der Waals surface area contributed by atoms with Crippen LogP contribution in [0.1, 0.15) is 60.0 Å². The lowest BCUT2D eigenvalue weighted by atomic mass is 9.83. The zero-order valence-electron chi connectivity index (χ0n) is 16.5. The number of rotatable bonds is 3. The van der Waals surface area contributed by atoms with Crippen LogP contribution in [0.4, 0.5) is 0 Å². The summed E-state index contributed by atoms with van der Waals surface area (Å²) in [5.74, 6) is 1.04. The highest BCUT2D eigenvalue weighted by atomic mass is 16.5. The summed E-state index contributed by atoms with van der Waals surface area (Å²) in [6, 6.07) is 0.252. The van der Waals surface area contributed by atoms with Gasteiger partial charge in [0.2, 0.25) is 0 Å². The van der Waals surface area contributed by atoms with Crippen LogP contribution in [-0.4, -0.2) is 57.5 Å². The SMILES string of the molecule is COc1ncc(C(=O)N2CCC3(CC2)OCCc2cnc(C(C)C)nc23)cn1. The highest BCUT2D eigenvalue weighted by Crippen LogP contribution is 2.40. The van der Waals surface area contributed by atoms with Crippen LogP contribution in [0.5, 0.6) is 6.01 Å². The molecule has 2 aliphatic rings. The maximum Gasteiger partial charge on any atom is 0.316 e. The molecule has 1 fully saturated rings. The first kappa shape index (κ1) is 18.7. The number of hydrogen-bond donors (Lipinski definition) is 0. The number of methoxy groups -OCH3 is 1. The molecular weight excluding hydrogens is 358 g/mol. The van der Waals surface area contributed by atoms with E-state index in [2.05, 4.69) is 28.8 Å². The first-order chi connectivity index (χ1) is 13.5. The van der Waals surface area contributed by atoms with Crippen LogP contribution in [0.3, 0.4) is 0 Å². The lowest BCUT2D eigenvalue weighted by molar-refractivity contribution is -0.0969. The number of ether oxygens (including phenoxy) is 2. The molecule has 8 nitrogen and oxygen atoms in total. The Hall–Kier alpha value is -2.61. The van der Waals surface area contributed by atoms with E-state index in [0.717, 1.165) is 30.8 Å².